The third-order valence-electron chi connectivity index (χ3n) is 15.8. The highest BCUT2D eigenvalue weighted by atomic mass is 16.6. The Morgan fingerprint density at radius 1 is 0.256 bits per heavy atom. The average molecular weight is 1100 g/mol. The lowest BCUT2D eigenvalue weighted by molar-refractivity contribution is -0.167. The summed E-state index contributed by atoms with van der Waals surface area (Å²) in [5.41, 5.74) is 0. The Balaban J connectivity index is 4.01. The van der Waals surface area contributed by atoms with E-state index in [4.69, 9.17) is 14.2 Å². The molecule has 458 valence electrons. The lowest BCUT2D eigenvalue weighted by Gasteiger charge is -2.18. The molecular formula is C72H134O6. The van der Waals surface area contributed by atoms with Gasteiger partial charge in [0.1, 0.15) is 13.2 Å². The molecule has 0 aliphatic carbocycles. The maximum absolute atomic E-state index is 12.9. The van der Waals surface area contributed by atoms with Crippen LogP contribution < -0.4 is 0 Å². The van der Waals surface area contributed by atoms with E-state index in [9.17, 15) is 14.4 Å². The maximum atomic E-state index is 12.9. The van der Waals surface area contributed by atoms with E-state index in [1.807, 2.05) is 0 Å². The summed E-state index contributed by atoms with van der Waals surface area (Å²) in [5.74, 6) is -0.881. The zero-order chi connectivity index (χ0) is 56.4. The van der Waals surface area contributed by atoms with Crippen molar-refractivity contribution in [1.82, 2.24) is 0 Å². The Hall–Kier alpha value is -2.37. The molecule has 0 N–H and O–H groups in total. The maximum Gasteiger partial charge on any atom is 0.306 e. The predicted molar refractivity (Wildman–Crippen MR) is 339 cm³/mol. The largest absolute Gasteiger partial charge is 0.462 e. The number of hydrogen-bond acceptors (Lipinski definition) is 6. The van der Waals surface area contributed by atoms with Crippen molar-refractivity contribution in [2.24, 2.45) is 0 Å². The van der Waals surface area contributed by atoms with E-state index in [1.165, 1.54) is 250 Å². The van der Waals surface area contributed by atoms with E-state index in [0.29, 0.717) is 19.3 Å². The first-order valence-corrected chi connectivity index (χ1v) is 35.0. The number of carbonyl (C=O) groups excluding carboxylic acids is 3. The van der Waals surface area contributed by atoms with E-state index in [1.54, 1.807) is 0 Å². The molecule has 0 saturated heterocycles. The number of carbonyl (C=O) groups is 3. The minimum atomic E-state index is -0.781. The van der Waals surface area contributed by atoms with Gasteiger partial charge >= 0.3 is 17.9 Å². The summed E-state index contributed by atoms with van der Waals surface area (Å²) in [5, 5.41) is 0. The van der Waals surface area contributed by atoms with Crippen LogP contribution in [0.2, 0.25) is 0 Å². The highest BCUT2D eigenvalue weighted by molar-refractivity contribution is 5.71. The molecule has 78 heavy (non-hydrogen) atoms. The van der Waals surface area contributed by atoms with Gasteiger partial charge in [0, 0.05) is 19.3 Å². The van der Waals surface area contributed by atoms with Crippen LogP contribution in [0.3, 0.4) is 0 Å². The van der Waals surface area contributed by atoms with Gasteiger partial charge in [-0.2, -0.15) is 0 Å². The van der Waals surface area contributed by atoms with Crippen LogP contribution in [-0.4, -0.2) is 37.2 Å². The molecule has 0 saturated carbocycles. The van der Waals surface area contributed by atoms with Crippen LogP contribution in [0, 0.1) is 0 Å². The topological polar surface area (TPSA) is 78.9 Å². The molecule has 0 fully saturated rings. The van der Waals surface area contributed by atoms with Crippen LogP contribution in [0.15, 0.2) is 36.5 Å². The number of allylic oxidation sites excluding steroid dienone is 6. The van der Waals surface area contributed by atoms with E-state index >= 15 is 0 Å². The van der Waals surface area contributed by atoms with Crippen molar-refractivity contribution in [2.45, 2.75) is 393 Å². The third-order valence-corrected chi connectivity index (χ3v) is 15.8. The van der Waals surface area contributed by atoms with Gasteiger partial charge in [0.05, 0.1) is 0 Å². The standard InChI is InChI=1S/C72H134O6/c1-4-7-10-13-16-19-22-24-26-28-29-30-31-32-33-34-35-36-37-38-39-40-41-42-43-44-45-47-48-50-53-56-59-62-65-71(74)77-68-69(67-76-70(73)64-61-58-55-52-21-18-15-12-9-6-3)78-72(75)66-63-60-57-54-51-49-46-27-25-23-20-17-14-11-8-5-2/h12,15,20,23,27,46,69H,4-11,13-14,16-19,21-22,24-26,28-45,47-68H2,1-3H3/b15-12-,23-20-,46-27-. The highest BCUT2D eigenvalue weighted by Gasteiger charge is 2.19. The first kappa shape index (κ1) is 75.6. The molecule has 0 radical (unpaired) electrons. The molecule has 0 aromatic rings. The fraction of sp³-hybridized carbons (Fsp3) is 0.875. The normalized spacial score (nSPS) is 12.2. The van der Waals surface area contributed by atoms with Crippen molar-refractivity contribution in [2.75, 3.05) is 13.2 Å². The van der Waals surface area contributed by atoms with E-state index in [0.717, 1.165) is 96.3 Å². The van der Waals surface area contributed by atoms with Gasteiger partial charge in [-0.1, -0.05) is 333 Å². The van der Waals surface area contributed by atoms with E-state index in [2.05, 4.69) is 57.2 Å². The minimum Gasteiger partial charge on any atom is -0.462 e. The van der Waals surface area contributed by atoms with Crippen LogP contribution >= 0.6 is 0 Å². The molecule has 0 heterocycles. The van der Waals surface area contributed by atoms with E-state index in [-0.39, 0.29) is 31.1 Å². The van der Waals surface area contributed by atoms with Crippen molar-refractivity contribution in [3.8, 4) is 0 Å². The third kappa shape index (κ3) is 64.5. The van der Waals surface area contributed by atoms with Crippen LogP contribution in [0.25, 0.3) is 0 Å². The number of rotatable bonds is 65. The Morgan fingerprint density at radius 3 is 0.782 bits per heavy atom. The summed E-state index contributed by atoms with van der Waals surface area (Å²) in [4.78, 5) is 38.2. The van der Waals surface area contributed by atoms with Gasteiger partial charge in [-0.05, 0) is 70.6 Å². The monoisotopic (exact) mass is 1100 g/mol. The van der Waals surface area contributed by atoms with Crippen molar-refractivity contribution < 1.29 is 28.6 Å². The lowest BCUT2D eigenvalue weighted by atomic mass is 10.0. The number of esters is 3. The summed E-state index contributed by atoms with van der Waals surface area (Å²) >= 11 is 0. The van der Waals surface area contributed by atoms with Crippen LogP contribution in [0.4, 0.5) is 0 Å². The van der Waals surface area contributed by atoms with Crippen LogP contribution in [0.1, 0.15) is 387 Å². The first-order chi connectivity index (χ1) is 38.5. The highest BCUT2D eigenvalue weighted by Crippen LogP contribution is 2.19. The van der Waals surface area contributed by atoms with E-state index < -0.39 is 6.10 Å². The molecule has 0 rings (SSSR count). The summed E-state index contributed by atoms with van der Waals surface area (Å²) in [6, 6.07) is 0. The Bertz CT molecular complexity index is 1300. The molecule has 6 heteroatoms. The number of unbranched alkanes of at least 4 members (excludes halogenated alkanes) is 48. The minimum absolute atomic E-state index is 0.0769. The molecule has 6 nitrogen and oxygen atoms in total. The second-order valence-corrected chi connectivity index (χ2v) is 23.8. The van der Waals surface area contributed by atoms with Crippen LogP contribution in [-0.2, 0) is 28.6 Å². The first-order valence-electron chi connectivity index (χ1n) is 35.0. The van der Waals surface area contributed by atoms with Crippen LogP contribution in [0.5, 0.6) is 0 Å². The van der Waals surface area contributed by atoms with Gasteiger partial charge in [0.25, 0.3) is 0 Å². The summed E-state index contributed by atoms with van der Waals surface area (Å²) < 4.78 is 16.9. The molecule has 0 aliphatic heterocycles. The Labute approximate surface area is 486 Å². The van der Waals surface area contributed by atoms with Crippen molar-refractivity contribution >= 4 is 17.9 Å². The smallest absolute Gasteiger partial charge is 0.306 e. The van der Waals surface area contributed by atoms with Crippen molar-refractivity contribution in [1.29, 1.82) is 0 Å². The summed E-state index contributed by atoms with van der Waals surface area (Å²) in [6.45, 7) is 6.60. The molecular weight excluding hydrogens is 961 g/mol. The fourth-order valence-corrected chi connectivity index (χ4v) is 10.6. The van der Waals surface area contributed by atoms with Gasteiger partial charge in [-0.15, -0.1) is 0 Å². The predicted octanol–water partition coefficient (Wildman–Crippen LogP) is 23.9. The summed E-state index contributed by atoms with van der Waals surface area (Å²) in [6.07, 6.45) is 83.5. The molecule has 0 aliphatic rings. The second kappa shape index (κ2) is 67.1. The average Bonchev–Trinajstić information content (AvgIpc) is 3.44. The van der Waals surface area contributed by atoms with Gasteiger partial charge in [0.15, 0.2) is 6.10 Å². The Morgan fingerprint density at radius 2 is 0.487 bits per heavy atom. The molecule has 0 aromatic carbocycles. The molecule has 1 atom stereocenters. The van der Waals surface area contributed by atoms with Crippen molar-refractivity contribution in [3.05, 3.63) is 36.5 Å². The van der Waals surface area contributed by atoms with Gasteiger partial charge in [0.2, 0.25) is 0 Å². The Kier molecular flexibility index (Phi) is 65.1. The molecule has 0 bridgehead atoms. The number of hydrogen-bond donors (Lipinski definition) is 0. The SMILES string of the molecule is CCC/C=C\CCCCCCCC(=O)OCC(COC(=O)CCCCCCCCCCCCCCCCCCCCCCCCCCCCCCCCCCCC)OC(=O)CCCCCCC/C=C\C/C=C\CCCCCC. The van der Waals surface area contributed by atoms with Gasteiger partial charge < -0.3 is 14.2 Å². The lowest BCUT2D eigenvalue weighted by Crippen LogP contribution is -2.30. The molecule has 0 spiro atoms. The number of ether oxygens (including phenoxy) is 3. The quantitative estimate of drug-likeness (QED) is 0.0261. The molecule has 0 aromatic heterocycles. The second-order valence-electron chi connectivity index (χ2n) is 23.8. The zero-order valence-corrected chi connectivity index (χ0v) is 52.7. The van der Waals surface area contributed by atoms with Gasteiger partial charge in [-0.25, -0.2) is 0 Å². The molecule has 1 unspecified atom stereocenters. The van der Waals surface area contributed by atoms with Crippen molar-refractivity contribution in [3.63, 3.8) is 0 Å². The zero-order valence-electron chi connectivity index (χ0n) is 52.7. The summed E-state index contributed by atoms with van der Waals surface area (Å²) in [7, 11) is 0. The molecule has 0 amide bonds. The van der Waals surface area contributed by atoms with Gasteiger partial charge in [-0.3, -0.25) is 14.4 Å². The fourth-order valence-electron chi connectivity index (χ4n) is 10.6.